The van der Waals surface area contributed by atoms with Crippen LogP contribution in [0.2, 0.25) is 0 Å². The molecule has 1 saturated heterocycles. The minimum atomic E-state index is -0.491. The highest BCUT2D eigenvalue weighted by molar-refractivity contribution is 8.26. The maximum Gasteiger partial charge on any atom is 0.287 e. The summed E-state index contributed by atoms with van der Waals surface area (Å²) in [4.78, 5) is 31.8. The number of hydrogen-bond donors (Lipinski definition) is 1. The Bertz CT molecular complexity index is 1030. The number of oxazole rings is 1. The van der Waals surface area contributed by atoms with Crippen LogP contribution in [0, 0.1) is 6.92 Å². The van der Waals surface area contributed by atoms with Crippen LogP contribution in [0.1, 0.15) is 28.5 Å². The Morgan fingerprint density at radius 2 is 1.97 bits per heavy atom. The third kappa shape index (κ3) is 5.07. The Morgan fingerprint density at radius 3 is 2.67 bits per heavy atom. The summed E-state index contributed by atoms with van der Waals surface area (Å²) in [5.74, 6) is 1.95. The molecule has 2 aromatic heterocycles. The molecule has 1 unspecified atom stereocenters. The largest absolute Gasteiger partial charge is 0.477 e. The summed E-state index contributed by atoms with van der Waals surface area (Å²) < 4.78 is 11.4. The van der Waals surface area contributed by atoms with E-state index in [-0.39, 0.29) is 10.4 Å². The fourth-order valence-electron chi connectivity index (χ4n) is 3.17. The van der Waals surface area contributed by atoms with Gasteiger partial charge in [-0.3, -0.25) is 9.59 Å². The van der Waals surface area contributed by atoms with Gasteiger partial charge in [-0.25, -0.2) is 9.97 Å². The van der Waals surface area contributed by atoms with Crippen molar-refractivity contribution in [1.82, 2.24) is 15.3 Å². The lowest BCUT2D eigenvalue weighted by Crippen LogP contribution is -2.30. The van der Waals surface area contributed by atoms with Crippen molar-refractivity contribution in [1.29, 1.82) is 0 Å². The summed E-state index contributed by atoms with van der Waals surface area (Å²) in [5, 5.41) is 2.18. The molecule has 1 atom stereocenters. The molecule has 1 amide bonds. The summed E-state index contributed by atoms with van der Waals surface area (Å²) in [6.07, 6.45) is 3.36. The SMILES string of the molecule is Cc1oc(CCOc2ccc(CC3NC(=O)SC3=O)cn2)nc1Cc1ccccc1. The molecule has 0 radical (unpaired) electrons. The predicted octanol–water partition coefficient (Wildman–Crippen LogP) is 3.48. The number of thioether (sulfide) groups is 1. The Balaban J connectivity index is 1.27. The van der Waals surface area contributed by atoms with Gasteiger partial charge < -0.3 is 14.5 Å². The number of aryl methyl sites for hydroxylation is 1. The van der Waals surface area contributed by atoms with Crippen molar-refractivity contribution < 1.29 is 18.7 Å². The van der Waals surface area contributed by atoms with Gasteiger partial charge >= 0.3 is 0 Å². The molecular weight excluding hydrogens is 402 g/mol. The number of ether oxygens (including phenoxy) is 1. The Morgan fingerprint density at radius 1 is 1.13 bits per heavy atom. The van der Waals surface area contributed by atoms with E-state index >= 15 is 0 Å². The van der Waals surface area contributed by atoms with Gasteiger partial charge in [0.1, 0.15) is 11.8 Å². The first-order chi connectivity index (χ1) is 14.6. The van der Waals surface area contributed by atoms with E-state index in [9.17, 15) is 9.59 Å². The third-order valence-corrected chi connectivity index (χ3v) is 5.51. The minimum absolute atomic E-state index is 0.159. The quantitative estimate of drug-likeness (QED) is 0.593. The van der Waals surface area contributed by atoms with Crippen LogP contribution in [0.5, 0.6) is 5.88 Å². The molecule has 1 aromatic carbocycles. The van der Waals surface area contributed by atoms with E-state index in [0.29, 0.717) is 43.0 Å². The molecule has 0 spiro atoms. The third-order valence-electron chi connectivity index (χ3n) is 4.72. The van der Waals surface area contributed by atoms with Gasteiger partial charge in [-0.1, -0.05) is 36.4 Å². The number of aromatic nitrogens is 2. The van der Waals surface area contributed by atoms with E-state index < -0.39 is 6.04 Å². The lowest BCUT2D eigenvalue weighted by atomic mass is 10.1. The summed E-state index contributed by atoms with van der Waals surface area (Å²) >= 11 is 0.714. The number of nitrogens with one attached hydrogen (secondary N) is 1. The van der Waals surface area contributed by atoms with Gasteiger partial charge in [-0.15, -0.1) is 0 Å². The number of hydrogen-bond acceptors (Lipinski definition) is 7. The van der Waals surface area contributed by atoms with Crippen LogP contribution < -0.4 is 10.1 Å². The maximum absolute atomic E-state index is 11.7. The van der Waals surface area contributed by atoms with E-state index in [1.807, 2.05) is 31.2 Å². The number of benzene rings is 1. The molecule has 8 heteroatoms. The van der Waals surface area contributed by atoms with E-state index in [1.165, 1.54) is 5.56 Å². The summed E-state index contributed by atoms with van der Waals surface area (Å²) in [6.45, 7) is 2.32. The highest BCUT2D eigenvalue weighted by Crippen LogP contribution is 2.20. The molecule has 30 heavy (non-hydrogen) atoms. The van der Waals surface area contributed by atoms with E-state index in [1.54, 1.807) is 12.3 Å². The summed E-state index contributed by atoms with van der Waals surface area (Å²) in [7, 11) is 0. The molecule has 3 aromatic rings. The van der Waals surface area contributed by atoms with Gasteiger partial charge in [-0.2, -0.15) is 0 Å². The molecule has 1 fully saturated rings. The van der Waals surface area contributed by atoms with Crippen LogP contribution in [-0.4, -0.2) is 33.0 Å². The van der Waals surface area contributed by atoms with E-state index in [4.69, 9.17) is 9.15 Å². The first kappa shape index (κ1) is 20.2. The number of pyridine rings is 1. The molecule has 154 valence electrons. The minimum Gasteiger partial charge on any atom is -0.477 e. The zero-order valence-electron chi connectivity index (χ0n) is 16.5. The molecule has 1 N–H and O–H groups in total. The zero-order valence-corrected chi connectivity index (χ0v) is 17.3. The van der Waals surface area contributed by atoms with Gasteiger partial charge in [0.25, 0.3) is 5.24 Å². The van der Waals surface area contributed by atoms with Crippen LogP contribution in [0.4, 0.5) is 4.79 Å². The van der Waals surface area contributed by atoms with E-state index in [0.717, 1.165) is 23.4 Å². The molecule has 0 bridgehead atoms. The molecule has 0 aliphatic carbocycles. The van der Waals surface area contributed by atoms with Crippen LogP contribution in [0.15, 0.2) is 53.1 Å². The van der Waals surface area contributed by atoms with Crippen LogP contribution in [-0.2, 0) is 24.1 Å². The Hall–Kier alpha value is -3.13. The maximum atomic E-state index is 11.7. The standard InChI is InChI=1S/C22H21N3O4S/c1-14-17(11-15-5-3-2-4-6-15)24-20(29-14)9-10-28-19-8-7-16(13-23-19)12-18-21(26)30-22(27)25-18/h2-8,13,18H,9-12H2,1H3,(H,25,27). The second-order valence-electron chi connectivity index (χ2n) is 6.99. The van der Waals surface area contributed by atoms with Crippen LogP contribution in [0.3, 0.4) is 0 Å². The second-order valence-corrected chi connectivity index (χ2v) is 7.96. The molecule has 0 saturated carbocycles. The van der Waals surface area contributed by atoms with Crippen molar-refractivity contribution in [2.24, 2.45) is 0 Å². The Kier molecular flexibility index (Phi) is 6.13. The monoisotopic (exact) mass is 423 g/mol. The smallest absolute Gasteiger partial charge is 0.287 e. The predicted molar refractivity (Wildman–Crippen MR) is 113 cm³/mol. The molecular formula is C22H21N3O4S. The van der Waals surface area contributed by atoms with Crippen LogP contribution >= 0.6 is 11.8 Å². The van der Waals surface area contributed by atoms with Gasteiger partial charge in [0.05, 0.1) is 18.7 Å². The highest BCUT2D eigenvalue weighted by Gasteiger charge is 2.31. The van der Waals surface area contributed by atoms with Gasteiger partial charge in [0, 0.05) is 36.9 Å². The van der Waals surface area contributed by atoms with Crippen molar-refractivity contribution in [2.75, 3.05) is 6.61 Å². The molecule has 3 heterocycles. The van der Waals surface area contributed by atoms with Crippen molar-refractivity contribution in [2.45, 2.75) is 32.2 Å². The number of rotatable bonds is 8. The van der Waals surface area contributed by atoms with Gasteiger partial charge in [0.2, 0.25) is 11.0 Å². The number of amides is 1. The Labute approximate surface area is 178 Å². The highest BCUT2D eigenvalue weighted by atomic mass is 32.2. The lowest BCUT2D eigenvalue weighted by molar-refractivity contribution is -0.112. The number of nitrogens with zero attached hydrogens (tertiary/aromatic N) is 2. The van der Waals surface area contributed by atoms with Crippen molar-refractivity contribution in [3.8, 4) is 5.88 Å². The fraction of sp³-hybridized carbons (Fsp3) is 0.273. The first-order valence-corrected chi connectivity index (χ1v) is 10.5. The number of carbonyl (C=O) groups excluding carboxylic acids is 2. The lowest BCUT2D eigenvalue weighted by Gasteiger charge is -2.08. The summed E-state index contributed by atoms with van der Waals surface area (Å²) in [5.41, 5.74) is 2.99. The molecule has 1 aliphatic rings. The molecule has 1 aliphatic heterocycles. The van der Waals surface area contributed by atoms with Crippen molar-refractivity contribution >= 4 is 22.1 Å². The fourth-order valence-corrected chi connectivity index (χ4v) is 3.84. The van der Waals surface area contributed by atoms with Crippen molar-refractivity contribution in [3.05, 3.63) is 77.1 Å². The normalized spacial score (nSPS) is 16.0. The average Bonchev–Trinajstić information content (AvgIpc) is 3.24. The zero-order chi connectivity index (χ0) is 20.9. The van der Waals surface area contributed by atoms with Crippen LogP contribution in [0.25, 0.3) is 0 Å². The van der Waals surface area contributed by atoms with E-state index in [2.05, 4.69) is 27.4 Å². The van der Waals surface area contributed by atoms with Gasteiger partial charge in [-0.05, 0) is 18.1 Å². The second kappa shape index (κ2) is 9.13. The topological polar surface area (TPSA) is 94.3 Å². The first-order valence-electron chi connectivity index (χ1n) is 9.66. The van der Waals surface area contributed by atoms with Gasteiger partial charge in [0.15, 0.2) is 5.89 Å². The summed E-state index contributed by atoms with van der Waals surface area (Å²) in [6, 6.07) is 13.3. The molecule has 4 rings (SSSR count). The molecule has 7 nitrogen and oxygen atoms in total. The van der Waals surface area contributed by atoms with Crippen molar-refractivity contribution in [3.63, 3.8) is 0 Å². The number of carbonyl (C=O) groups is 2. The average molecular weight is 423 g/mol.